The Hall–Kier alpha value is -1.69. The first kappa shape index (κ1) is 16.4. The molecule has 1 aromatic heterocycles. The van der Waals surface area contributed by atoms with Crippen LogP contribution >= 0.6 is 11.6 Å². The van der Waals surface area contributed by atoms with Crippen LogP contribution < -0.4 is 4.74 Å². The van der Waals surface area contributed by atoms with Gasteiger partial charge in [0.2, 0.25) is 0 Å². The van der Waals surface area contributed by atoms with Crippen molar-refractivity contribution in [3.8, 4) is 11.8 Å². The summed E-state index contributed by atoms with van der Waals surface area (Å²) in [4.78, 5) is 3.46. The highest BCUT2D eigenvalue weighted by Crippen LogP contribution is 2.40. The van der Waals surface area contributed by atoms with Gasteiger partial charge in [-0.3, -0.25) is 4.98 Å². The molecule has 3 nitrogen and oxygen atoms in total. The van der Waals surface area contributed by atoms with Crippen LogP contribution in [-0.4, -0.2) is 11.3 Å². The molecule has 0 aliphatic rings. The van der Waals surface area contributed by atoms with Crippen molar-refractivity contribution in [3.05, 3.63) is 23.0 Å². The molecule has 0 aromatic carbocycles. The SMILES string of the molecule is N#CCc1cc(C(F)(F)F)c(OC(F)(F)F)c(CCl)n1. The first-order valence-electron chi connectivity index (χ1n) is 4.87. The van der Waals surface area contributed by atoms with Gasteiger partial charge in [-0.2, -0.15) is 18.4 Å². The van der Waals surface area contributed by atoms with Gasteiger partial charge in [-0.25, -0.2) is 0 Å². The van der Waals surface area contributed by atoms with Gasteiger partial charge in [-0.15, -0.1) is 24.8 Å². The standard InChI is InChI=1S/C10H5ClF6N2O/c11-4-7-8(20-10(15,16)17)6(9(12,13)14)3-5(19-7)1-2-18/h3H,1,4H2. The predicted octanol–water partition coefficient (Wildman–Crippen LogP) is 3.80. The molecule has 1 heterocycles. The van der Waals surface area contributed by atoms with Gasteiger partial charge in [-0.1, -0.05) is 0 Å². The minimum absolute atomic E-state index is 0.334. The number of aromatic nitrogens is 1. The van der Waals surface area contributed by atoms with Gasteiger partial charge in [0.1, 0.15) is 5.56 Å². The van der Waals surface area contributed by atoms with E-state index in [0.29, 0.717) is 6.07 Å². The van der Waals surface area contributed by atoms with Gasteiger partial charge >= 0.3 is 12.5 Å². The number of rotatable bonds is 3. The lowest BCUT2D eigenvalue weighted by Crippen LogP contribution is -2.22. The van der Waals surface area contributed by atoms with E-state index in [9.17, 15) is 26.3 Å². The Labute approximate surface area is 113 Å². The molecule has 0 N–H and O–H groups in total. The summed E-state index contributed by atoms with van der Waals surface area (Å²) in [5.41, 5.74) is -2.75. The van der Waals surface area contributed by atoms with Crippen LogP contribution in [0, 0.1) is 11.3 Å². The van der Waals surface area contributed by atoms with Crippen LogP contribution in [0.15, 0.2) is 6.07 Å². The molecule has 0 aliphatic carbocycles. The van der Waals surface area contributed by atoms with Crippen molar-refractivity contribution in [2.75, 3.05) is 0 Å². The minimum atomic E-state index is -5.32. The number of halogens is 7. The summed E-state index contributed by atoms with van der Waals surface area (Å²) in [6, 6.07) is 1.88. The maximum Gasteiger partial charge on any atom is 0.573 e. The Bertz CT molecular complexity index is 534. The van der Waals surface area contributed by atoms with Crippen molar-refractivity contribution in [1.29, 1.82) is 5.26 Å². The topological polar surface area (TPSA) is 45.9 Å². The van der Waals surface area contributed by atoms with E-state index in [-0.39, 0.29) is 5.69 Å². The highest BCUT2D eigenvalue weighted by atomic mass is 35.5. The first-order chi connectivity index (χ1) is 9.08. The first-order valence-corrected chi connectivity index (χ1v) is 5.40. The smallest absolute Gasteiger partial charge is 0.403 e. The molecule has 0 amide bonds. The van der Waals surface area contributed by atoms with Gasteiger partial charge in [0.05, 0.1) is 29.8 Å². The van der Waals surface area contributed by atoms with E-state index in [1.165, 1.54) is 0 Å². The molecule has 110 valence electrons. The Balaban J connectivity index is 3.49. The highest BCUT2D eigenvalue weighted by molar-refractivity contribution is 6.17. The number of pyridine rings is 1. The van der Waals surface area contributed by atoms with Crippen LogP contribution in [0.2, 0.25) is 0 Å². The van der Waals surface area contributed by atoms with E-state index in [1.54, 1.807) is 6.07 Å². The largest absolute Gasteiger partial charge is 0.573 e. The van der Waals surface area contributed by atoms with Crippen molar-refractivity contribution < 1.29 is 31.1 Å². The normalized spacial score (nSPS) is 12.1. The van der Waals surface area contributed by atoms with Gasteiger partial charge < -0.3 is 4.74 Å². The van der Waals surface area contributed by atoms with Gasteiger partial charge in [0.25, 0.3) is 0 Å². The fraction of sp³-hybridized carbons (Fsp3) is 0.400. The number of ether oxygens (including phenoxy) is 1. The summed E-state index contributed by atoms with van der Waals surface area (Å²) in [6.45, 7) is 0. The van der Waals surface area contributed by atoms with E-state index in [2.05, 4.69) is 9.72 Å². The fourth-order valence-corrected chi connectivity index (χ4v) is 1.53. The van der Waals surface area contributed by atoms with E-state index in [1.807, 2.05) is 0 Å². The molecule has 0 bridgehead atoms. The molecule has 0 atom stereocenters. The molecule has 1 aromatic rings. The zero-order valence-electron chi connectivity index (χ0n) is 9.44. The molecule has 0 radical (unpaired) electrons. The molecule has 1 rings (SSSR count). The lowest BCUT2D eigenvalue weighted by Gasteiger charge is -2.18. The van der Waals surface area contributed by atoms with Crippen molar-refractivity contribution in [1.82, 2.24) is 4.98 Å². The number of nitrogens with zero attached hydrogens (tertiary/aromatic N) is 2. The number of alkyl halides is 7. The summed E-state index contributed by atoms with van der Waals surface area (Å²) in [7, 11) is 0. The average molecular weight is 319 g/mol. The molecule has 20 heavy (non-hydrogen) atoms. The zero-order chi connectivity index (χ0) is 15.6. The summed E-state index contributed by atoms with van der Waals surface area (Å²) < 4.78 is 78.1. The minimum Gasteiger partial charge on any atom is -0.403 e. The second-order valence-corrected chi connectivity index (χ2v) is 3.72. The highest BCUT2D eigenvalue weighted by Gasteiger charge is 2.41. The lowest BCUT2D eigenvalue weighted by molar-refractivity contribution is -0.276. The molecule has 10 heteroatoms. The van der Waals surface area contributed by atoms with Gasteiger partial charge in [-0.05, 0) is 6.07 Å². The molecule has 0 spiro atoms. The molecule has 0 saturated carbocycles. The molecule has 0 aliphatic heterocycles. The van der Waals surface area contributed by atoms with Crippen molar-refractivity contribution in [3.63, 3.8) is 0 Å². The van der Waals surface area contributed by atoms with E-state index in [0.717, 1.165) is 0 Å². The monoisotopic (exact) mass is 318 g/mol. The van der Waals surface area contributed by atoms with Crippen LogP contribution in [0.25, 0.3) is 0 Å². The van der Waals surface area contributed by atoms with E-state index < -0.39 is 41.8 Å². The Kier molecular flexibility index (Phi) is 4.70. The van der Waals surface area contributed by atoms with Crippen molar-refractivity contribution in [2.24, 2.45) is 0 Å². The zero-order valence-corrected chi connectivity index (χ0v) is 10.2. The Morgan fingerprint density at radius 3 is 2.25 bits per heavy atom. The summed E-state index contributed by atoms with van der Waals surface area (Å²) in [5.74, 6) is -2.23. The lowest BCUT2D eigenvalue weighted by atomic mass is 10.1. The molecular formula is C10H5ClF6N2O. The molecule has 0 saturated heterocycles. The number of hydrogen-bond donors (Lipinski definition) is 0. The van der Waals surface area contributed by atoms with Crippen molar-refractivity contribution in [2.45, 2.75) is 24.8 Å². The number of nitriles is 1. The Morgan fingerprint density at radius 2 is 1.85 bits per heavy atom. The maximum absolute atomic E-state index is 12.8. The van der Waals surface area contributed by atoms with Crippen LogP contribution in [0.4, 0.5) is 26.3 Å². The molecular weight excluding hydrogens is 314 g/mol. The van der Waals surface area contributed by atoms with E-state index in [4.69, 9.17) is 16.9 Å². The molecule has 0 unspecified atom stereocenters. The third-order valence-electron chi connectivity index (χ3n) is 2.01. The second kappa shape index (κ2) is 5.75. The van der Waals surface area contributed by atoms with Gasteiger partial charge in [0, 0.05) is 0 Å². The fourth-order valence-electron chi connectivity index (χ4n) is 1.35. The summed E-state index contributed by atoms with van der Waals surface area (Å²) in [6.07, 6.45) is -10.9. The number of hydrogen-bond acceptors (Lipinski definition) is 3. The summed E-state index contributed by atoms with van der Waals surface area (Å²) >= 11 is 5.30. The predicted molar refractivity (Wildman–Crippen MR) is 54.8 cm³/mol. The Morgan fingerprint density at radius 1 is 1.25 bits per heavy atom. The van der Waals surface area contributed by atoms with Crippen LogP contribution in [0.1, 0.15) is 17.0 Å². The maximum atomic E-state index is 12.8. The van der Waals surface area contributed by atoms with Crippen molar-refractivity contribution >= 4 is 11.6 Å². The van der Waals surface area contributed by atoms with Crippen LogP contribution in [-0.2, 0) is 18.5 Å². The average Bonchev–Trinajstić information content (AvgIpc) is 2.27. The molecule has 0 fully saturated rings. The second-order valence-electron chi connectivity index (χ2n) is 3.45. The summed E-state index contributed by atoms with van der Waals surface area (Å²) in [5, 5.41) is 8.42. The third-order valence-corrected chi connectivity index (χ3v) is 2.26. The van der Waals surface area contributed by atoms with Gasteiger partial charge in [0.15, 0.2) is 5.75 Å². The quantitative estimate of drug-likeness (QED) is 0.629. The van der Waals surface area contributed by atoms with Crippen LogP contribution in [0.3, 0.4) is 0 Å². The third kappa shape index (κ3) is 4.16. The van der Waals surface area contributed by atoms with E-state index >= 15 is 0 Å². The van der Waals surface area contributed by atoms with Crippen LogP contribution in [0.5, 0.6) is 5.75 Å².